The first-order valence-corrected chi connectivity index (χ1v) is 8.19. The number of carboxylic acid groups (broad SMARTS) is 1. The number of thiol groups is 1. The van der Waals surface area contributed by atoms with Gasteiger partial charge in [-0.2, -0.15) is 0 Å². The molecule has 0 saturated heterocycles. The Kier molecular flexibility index (Phi) is 7.69. The summed E-state index contributed by atoms with van der Waals surface area (Å²) < 4.78 is 0. The van der Waals surface area contributed by atoms with Crippen molar-refractivity contribution in [3.63, 3.8) is 0 Å². The van der Waals surface area contributed by atoms with E-state index < -0.39 is 5.97 Å². The Morgan fingerprint density at radius 1 is 1.33 bits per heavy atom. The third-order valence-electron chi connectivity index (χ3n) is 4.17. The molecule has 0 fully saturated rings. The lowest BCUT2D eigenvalue weighted by atomic mass is 9.75. The fraction of sp³-hybridized carbons (Fsp3) is 0.389. The van der Waals surface area contributed by atoms with Gasteiger partial charge in [0.15, 0.2) is 0 Å². The molecular formula is C18H26N2O3S. The minimum atomic E-state index is -0.911. The Morgan fingerprint density at radius 3 is 2.54 bits per heavy atom. The maximum Gasteiger partial charge on any atom is 0.336 e. The van der Waals surface area contributed by atoms with E-state index in [1.807, 2.05) is 24.3 Å². The van der Waals surface area contributed by atoms with Crippen LogP contribution in [-0.4, -0.2) is 16.3 Å². The molecule has 132 valence electrons. The van der Waals surface area contributed by atoms with Crippen molar-refractivity contribution < 1.29 is 15.1 Å². The molecule has 0 radical (unpaired) electrons. The van der Waals surface area contributed by atoms with Gasteiger partial charge in [0, 0.05) is 6.54 Å². The van der Waals surface area contributed by atoms with E-state index in [4.69, 9.17) is 10.9 Å². The number of rotatable bonds is 4. The van der Waals surface area contributed by atoms with Gasteiger partial charge in [-0.25, -0.2) is 10.7 Å². The van der Waals surface area contributed by atoms with Crippen molar-refractivity contribution in [1.29, 1.82) is 0 Å². The summed E-state index contributed by atoms with van der Waals surface area (Å²) >= 11 is 4.53. The second kappa shape index (κ2) is 9.03. The van der Waals surface area contributed by atoms with E-state index >= 15 is 0 Å². The van der Waals surface area contributed by atoms with E-state index in [9.17, 15) is 9.90 Å². The van der Waals surface area contributed by atoms with Crippen LogP contribution >= 0.6 is 12.6 Å². The molecule has 0 spiro atoms. The molecule has 1 aliphatic rings. The van der Waals surface area contributed by atoms with Gasteiger partial charge in [-0.05, 0) is 52.4 Å². The highest BCUT2D eigenvalue weighted by molar-refractivity contribution is 7.84. The maximum atomic E-state index is 11.8. The highest BCUT2D eigenvalue weighted by atomic mass is 32.1. The number of allylic oxidation sites excluding steroid dienone is 1. The van der Waals surface area contributed by atoms with E-state index in [1.54, 1.807) is 6.08 Å². The molecule has 24 heavy (non-hydrogen) atoms. The first-order chi connectivity index (χ1) is 11.3. The average molecular weight is 350 g/mol. The number of carbonyl (C=O) groups is 1. The van der Waals surface area contributed by atoms with E-state index in [0.29, 0.717) is 12.1 Å². The number of hydrogen-bond acceptors (Lipinski definition) is 5. The van der Waals surface area contributed by atoms with E-state index in [1.165, 1.54) is 0 Å². The molecule has 0 atom stereocenters. The topological polar surface area (TPSA) is 110 Å². The largest absolute Gasteiger partial charge is 0.478 e. The molecule has 0 heterocycles. The van der Waals surface area contributed by atoms with E-state index in [-0.39, 0.29) is 5.41 Å². The normalized spacial score (nSPS) is 17.2. The van der Waals surface area contributed by atoms with Crippen LogP contribution in [0.1, 0.15) is 44.2 Å². The molecule has 6 N–H and O–H groups in total. The van der Waals surface area contributed by atoms with Crippen molar-refractivity contribution in [2.75, 3.05) is 0 Å². The van der Waals surface area contributed by atoms with Crippen LogP contribution in [0.2, 0.25) is 0 Å². The van der Waals surface area contributed by atoms with Crippen molar-refractivity contribution in [2.45, 2.75) is 39.7 Å². The van der Waals surface area contributed by atoms with Crippen LogP contribution in [0.3, 0.4) is 0 Å². The minimum Gasteiger partial charge on any atom is -0.478 e. The Labute approximate surface area is 148 Å². The second-order valence-electron chi connectivity index (χ2n) is 6.53. The summed E-state index contributed by atoms with van der Waals surface area (Å²) in [5.41, 5.74) is 8.83. The lowest BCUT2D eigenvalue weighted by molar-refractivity contribution is -0.132. The van der Waals surface area contributed by atoms with Crippen LogP contribution in [-0.2, 0) is 11.3 Å². The molecule has 0 unspecified atom stereocenters. The maximum absolute atomic E-state index is 11.8. The molecule has 0 saturated carbocycles. The number of hydrogen-bond donors (Lipinski definition) is 5. The van der Waals surface area contributed by atoms with Gasteiger partial charge in [0.25, 0.3) is 0 Å². The summed E-state index contributed by atoms with van der Waals surface area (Å²) in [6, 6.07) is 7.63. The van der Waals surface area contributed by atoms with Crippen molar-refractivity contribution in [3.05, 3.63) is 51.4 Å². The molecular weight excluding hydrogens is 324 g/mol. The number of nitrogens with two attached hydrogens (primary N) is 2. The average Bonchev–Trinajstić information content (AvgIpc) is 2.57. The summed E-state index contributed by atoms with van der Waals surface area (Å²) in [5.74, 6) is 2.59. The van der Waals surface area contributed by atoms with Gasteiger partial charge < -0.3 is 16.0 Å². The highest BCUT2D eigenvalue weighted by Gasteiger charge is 2.29. The number of carboxylic acids is 1. The van der Waals surface area contributed by atoms with E-state index in [0.717, 1.165) is 40.9 Å². The van der Waals surface area contributed by atoms with Gasteiger partial charge in [0.1, 0.15) is 0 Å². The van der Waals surface area contributed by atoms with Crippen LogP contribution in [0.15, 0.2) is 40.3 Å². The molecule has 6 heteroatoms. The molecule has 0 amide bonds. The van der Waals surface area contributed by atoms with Crippen LogP contribution < -0.4 is 11.6 Å². The molecule has 5 nitrogen and oxygen atoms in total. The lowest BCUT2D eigenvalue weighted by Crippen LogP contribution is -2.20. The van der Waals surface area contributed by atoms with Crippen LogP contribution in [0, 0.1) is 5.41 Å². The zero-order chi connectivity index (χ0) is 18.3. The highest BCUT2D eigenvalue weighted by Crippen LogP contribution is 2.43. The van der Waals surface area contributed by atoms with Gasteiger partial charge in [-0.15, -0.1) is 12.6 Å². The standard InChI is InChI=1S/C18H23NO2S.H3NO/c1-18(2)8-7-16(22)15(10-18)14(17(20)21)9-12-5-3-4-6-13(12)11-19;1-2/h3-6,9,22H,7-8,10-11,19H2,1-2H3,(H,20,21);2H,1H2/b14-9-;. The van der Waals surface area contributed by atoms with Gasteiger partial charge in [0.05, 0.1) is 5.57 Å². The summed E-state index contributed by atoms with van der Waals surface area (Å²) in [6.07, 6.45) is 4.32. The predicted molar refractivity (Wildman–Crippen MR) is 99.6 cm³/mol. The summed E-state index contributed by atoms with van der Waals surface area (Å²) in [4.78, 5) is 12.7. The van der Waals surface area contributed by atoms with Crippen LogP contribution in [0.4, 0.5) is 0 Å². The monoisotopic (exact) mass is 350 g/mol. The fourth-order valence-corrected chi connectivity index (χ4v) is 3.13. The third kappa shape index (κ3) is 5.21. The molecule has 0 aliphatic heterocycles. The molecule has 1 aromatic rings. The Bertz CT molecular complexity index is 651. The zero-order valence-electron chi connectivity index (χ0n) is 14.1. The molecule has 1 aliphatic carbocycles. The quantitative estimate of drug-likeness (QED) is 0.325. The molecule has 2 rings (SSSR count). The zero-order valence-corrected chi connectivity index (χ0v) is 15.0. The first kappa shape index (κ1) is 20.4. The van der Waals surface area contributed by atoms with Crippen molar-refractivity contribution in [1.82, 2.24) is 0 Å². The van der Waals surface area contributed by atoms with Crippen LogP contribution in [0.5, 0.6) is 0 Å². The fourth-order valence-electron chi connectivity index (χ4n) is 2.82. The van der Waals surface area contributed by atoms with Crippen molar-refractivity contribution in [2.24, 2.45) is 17.0 Å². The van der Waals surface area contributed by atoms with Gasteiger partial charge in [0.2, 0.25) is 0 Å². The van der Waals surface area contributed by atoms with Crippen molar-refractivity contribution in [3.8, 4) is 0 Å². The molecule has 0 bridgehead atoms. The number of benzene rings is 1. The molecule has 0 aromatic heterocycles. The summed E-state index contributed by atoms with van der Waals surface area (Å²) in [5, 5.41) is 16.2. The minimum absolute atomic E-state index is 0.101. The summed E-state index contributed by atoms with van der Waals surface area (Å²) in [7, 11) is 0. The smallest absolute Gasteiger partial charge is 0.336 e. The van der Waals surface area contributed by atoms with Crippen LogP contribution in [0.25, 0.3) is 6.08 Å². The van der Waals surface area contributed by atoms with Crippen molar-refractivity contribution >= 4 is 24.7 Å². The first-order valence-electron chi connectivity index (χ1n) is 7.74. The van der Waals surface area contributed by atoms with Gasteiger partial charge >= 0.3 is 5.97 Å². The third-order valence-corrected chi connectivity index (χ3v) is 4.67. The Morgan fingerprint density at radius 2 is 1.96 bits per heavy atom. The number of aliphatic carboxylic acids is 1. The van der Waals surface area contributed by atoms with E-state index in [2.05, 4.69) is 32.4 Å². The lowest BCUT2D eigenvalue weighted by Gasteiger charge is -2.32. The SMILES string of the molecule is CC1(C)CCC(S)=C(/C(=C/c2ccccc2CN)C(=O)O)C1.NO. The predicted octanol–water partition coefficient (Wildman–Crippen LogP) is 3.34. The molecule has 1 aromatic carbocycles. The van der Waals surface area contributed by atoms with Gasteiger partial charge in [-0.3, -0.25) is 0 Å². The van der Waals surface area contributed by atoms with Gasteiger partial charge in [-0.1, -0.05) is 38.1 Å². The Hall–Kier alpha value is -1.60. The second-order valence-corrected chi connectivity index (χ2v) is 7.07. The Balaban J connectivity index is 0.00000139. The summed E-state index contributed by atoms with van der Waals surface area (Å²) in [6.45, 7) is 4.72.